The van der Waals surface area contributed by atoms with Crippen LogP contribution in [0.4, 0.5) is 0 Å². The van der Waals surface area contributed by atoms with Crippen molar-refractivity contribution in [3.63, 3.8) is 0 Å². The van der Waals surface area contributed by atoms with E-state index >= 15 is 0 Å². The van der Waals surface area contributed by atoms with Crippen molar-refractivity contribution in [1.82, 2.24) is 4.90 Å². The summed E-state index contributed by atoms with van der Waals surface area (Å²) in [6, 6.07) is -0.802. The molecule has 2 aliphatic heterocycles. The van der Waals surface area contributed by atoms with Gasteiger partial charge in [0.25, 0.3) is 0 Å². The van der Waals surface area contributed by atoms with Gasteiger partial charge in [-0.25, -0.2) is 4.79 Å². The molecule has 0 unspecified atom stereocenters. The molecule has 2 aliphatic rings. The largest absolute Gasteiger partial charge is 0.480 e. The molecule has 0 aromatic heterocycles. The zero-order valence-electron chi connectivity index (χ0n) is 8.01. The first kappa shape index (κ1) is 10.8. The molecule has 0 aliphatic carbocycles. The first-order chi connectivity index (χ1) is 6.99. The van der Waals surface area contributed by atoms with Gasteiger partial charge in [-0.1, -0.05) is 17.7 Å². The summed E-state index contributed by atoms with van der Waals surface area (Å²) in [7, 11) is 0. The van der Waals surface area contributed by atoms with Gasteiger partial charge in [-0.2, -0.15) is 0 Å². The monoisotopic (exact) mass is 247 g/mol. The van der Waals surface area contributed by atoms with E-state index in [1.54, 1.807) is 13.0 Å². The Labute approximate surface area is 96.3 Å². The SMILES string of the molecule is C[C@@]1(/C=C\Cl)S[C@@H]2CC(=O)N2[C@H]1C(=O)O. The first-order valence-corrected chi connectivity index (χ1v) is 5.81. The van der Waals surface area contributed by atoms with Gasteiger partial charge in [0, 0.05) is 5.54 Å². The lowest BCUT2D eigenvalue weighted by Gasteiger charge is -2.36. The van der Waals surface area contributed by atoms with Crippen LogP contribution in [0.2, 0.25) is 0 Å². The molecule has 1 N–H and O–H groups in total. The molecule has 1 amide bonds. The highest BCUT2D eigenvalue weighted by Crippen LogP contribution is 2.51. The van der Waals surface area contributed by atoms with Gasteiger partial charge in [0.15, 0.2) is 0 Å². The second kappa shape index (κ2) is 3.42. The Morgan fingerprint density at radius 2 is 2.47 bits per heavy atom. The van der Waals surface area contributed by atoms with E-state index in [0.29, 0.717) is 6.42 Å². The smallest absolute Gasteiger partial charge is 0.328 e. The van der Waals surface area contributed by atoms with E-state index in [1.807, 2.05) is 0 Å². The van der Waals surface area contributed by atoms with Crippen molar-refractivity contribution in [2.24, 2.45) is 0 Å². The standard InChI is InChI=1S/C9H10ClNO3S/c1-9(2-3-10)7(8(13)14)11-5(12)4-6(11)15-9/h2-3,6-7H,4H2,1H3,(H,13,14)/b3-2-/t6-,7+,9+/m1/s1. The fourth-order valence-corrected chi connectivity index (χ4v) is 4.05. The zero-order chi connectivity index (χ0) is 11.2. The summed E-state index contributed by atoms with van der Waals surface area (Å²) < 4.78 is -0.621. The molecule has 0 bridgehead atoms. The molecule has 4 nitrogen and oxygen atoms in total. The molecule has 0 aromatic carbocycles. The van der Waals surface area contributed by atoms with E-state index in [2.05, 4.69) is 0 Å². The maximum atomic E-state index is 11.3. The van der Waals surface area contributed by atoms with Crippen LogP contribution in [0.5, 0.6) is 0 Å². The Morgan fingerprint density at radius 3 is 2.93 bits per heavy atom. The third kappa shape index (κ3) is 1.45. The molecular formula is C9H10ClNO3S. The summed E-state index contributed by atoms with van der Waals surface area (Å²) in [4.78, 5) is 23.9. The second-order valence-electron chi connectivity index (χ2n) is 3.79. The predicted octanol–water partition coefficient (Wildman–Crippen LogP) is 1.26. The highest BCUT2D eigenvalue weighted by Gasteiger charge is 2.59. The number of fused-ring (bicyclic) bond motifs is 1. The molecule has 0 radical (unpaired) electrons. The van der Waals surface area contributed by atoms with Gasteiger partial charge < -0.3 is 10.0 Å². The maximum absolute atomic E-state index is 11.3. The van der Waals surface area contributed by atoms with E-state index in [1.165, 1.54) is 22.2 Å². The minimum absolute atomic E-state index is 0.00327. The topological polar surface area (TPSA) is 57.6 Å². The van der Waals surface area contributed by atoms with Crippen LogP contribution in [-0.4, -0.2) is 38.0 Å². The second-order valence-corrected chi connectivity index (χ2v) is 5.71. The molecule has 6 heteroatoms. The number of carbonyl (C=O) groups excluding carboxylic acids is 1. The lowest BCUT2D eigenvalue weighted by atomic mass is 9.97. The van der Waals surface area contributed by atoms with E-state index < -0.39 is 16.8 Å². The molecule has 15 heavy (non-hydrogen) atoms. The van der Waals surface area contributed by atoms with Crippen molar-refractivity contribution in [2.45, 2.75) is 29.5 Å². The Balaban J connectivity index is 2.34. The van der Waals surface area contributed by atoms with Gasteiger partial charge in [-0.15, -0.1) is 11.8 Å². The summed E-state index contributed by atoms with van der Waals surface area (Å²) in [5.41, 5.74) is 1.32. The van der Waals surface area contributed by atoms with Crippen LogP contribution in [-0.2, 0) is 9.59 Å². The number of nitrogens with zero attached hydrogens (tertiary/aromatic N) is 1. The number of amides is 1. The molecule has 2 saturated heterocycles. The molecule has 0 saturated carbocycles. The summed E-state index contributed by atoms with van der Waals surface area (Å²) in [5, 5.41) is 9.13. The van der Waals surface area contributed by atoms with E-state index in [0.717, 1.165) is 0 Å². The summed E-state index contributed by atoms with van der Waals surface area (Å²) in [6.45, 7) is 1.79. The number of hydrogen-bond acceptors (Lipinski definition) is 3. The number of thioether (sulfide) groups is 1. The van der Waals surface area contributed by atoms with Gasteiger partial charge in [0.1, 0.15) is 6.04 Å². The van der Waals surface area contributed by atoms with Gasteiger partial charge in [-0.3, -0.25) is 4.79 Å². The number of rotatable bonds is 2. The summed E-state index contributed by atoms with van der Waals surface area (Å²) >= 11 is 6.98. The van der Waals surface area contributed by atoms with Gasteiger partial charge in [0.05, 0.1) is 16.5 Å². The molecule has 2 rings (SSSR count). The normalized spacial score (nSPS) is 39.3. The van der Waals surface area contributed by atoms with Crippen LogP contribution in [0.15, 0.2) is 11.6 Å². The minimum atomic E-state index is -0.977. The van der Waals surface area contributed by atoms with Crippen LogP contribution in [0.1, 0.15) is 13.3 Å². The molecule has 2 heterocycles. The lowest BCUT2D eigenvalue weighted by molar-refractivity contribution is -0.156. The van der Waals surface area contributed by atoms with Crippen molar-refractivity contribution in [1.29, 1.82) is 0 Å². The molecule has 0 spiro atoms. The van der Waals surface area contributed by atoms with Crippen molar-refractivity contribution >= 4 is 35.2 Å². The first-order valence-electron chi connectivity index (χ1n) is 4.49. The van der Waals surface area contributed by atoms with Gasteiger partial charge >= 0.3 is 5.97 Å². The lowest BCUT2D eigenvalue weighted by Crippen LogP contribution is -2.57. The van der Waals surface area contributed by atoms with Gasteiger partial charge in [0.2, 0.25) is 5.91 Å². The molecule has 0 aromatic rings. The molecule has 82 valence electrons. The Kier molecular flexibility index (Phi) is 2.47. The van der Waals surface area contributed by atoms with E-state index in [9.17, 15) is 9.59 Å². The van der Waals surface area contributed by atoms with Crippen LogP contribution in [0.25, 0.3) is 0 Å². The van der Waals surface area contributed by atoms with Crippen molar-refractivity contribution in [3.8, 4) is 0 Å². The van der Waals surface area contributed by atoms with Crippen LogP contribution in [0, 0.1) is 0 Å². The summed E-state index contributed by atoms with van der Waals surface area (Å²) in [5.74, 6) is -1.07. The number of halogens is 1. The van der Waals surface area contributed by atoms with E-state index in [-0.39, 0.29) is 11.3 Å². The van der Waals surface area contributed by atoms with E-state index in [4.69, 9.17) is 16.7 Å². The fraction of sp³-hybridized carbons (Fsp3) is 0.556. The molecule has 3 atom stereocenters. The van der Waals surface area contributed by atoms with Crippen LogP contribution >= 0.6 is 23.4 Å². The number of aliphatic carboxylic acids is 1. The highest BCUT2D eigenvalue weighted by molar-refractivity contribution is 8.01. The van der Waals surface area contributed by atoms with Gasteiger partial charge in [-0.05, 0) is 6.92 Å². The average Bonchev–Trinajstić information content (AvgIpc) is 2.35. The molecule has 2 fully saturated rings. The highest BCUT2D eigenvalue weighted by atomic mass is 35.5. The fourth-order valence-electron chi connectivity index (χ4n) is 2.06. The predicted molar refractivity (Wildman–Crippen MR) is 57.7 cm³/mol. The number of carbonyl (C=O) groups is 2. The third-order valence-electron chi connectivity index (χ3n) is 2.79. The Hall–Kier alpha value is -0.680. The summed E-state index contributed by atoms with van der Waals surface area (Å²) in [6.07, 6.45) is 2.07. The number of carboxylic acid groups (broad SMARTS) is 1. The Bertz CT molecular complexity index is 359. The number of carboxylic acids is 1. The average molecular weight is 248 g/mol. The van der Waals surface area contributed by atoms with Crippen molar-refractivity contribution < 1.29 is 14.7 Å². The van der Waals surface area contributed by atoms with Crippen LogP contribution in [0.3, 0.4) is 0 Å². The van der Waals surface area contributed by atoms with Crippen molar-refractivity contribution in [3.05, 3.63) is 11.6 Å². The number of β-lactam (4-membered cyclic amide) rings is 1. The van der Waals surface area contributed by atoms with Crippen LogP contribution < -0.4 is 0 Å². The molecular weight excluding hydrogens is 238 g/mol. The minimum Gasteiger partial charge on any atom is -0.480 e. The maximum Gasteiger partial charge on any atom is 0.328 e. The third-order valence-corrected chi connectivity index (χ3v) is 4.45. The zero-order valence-corrected chi connectivity index (χ0v) is 9.59. The number of hydrogen-bond donors (Lipinski definition) is 1. The Morgan fingerprint density at radius 1 is 1.80 bits per heavy atom. The quantitative estimate of drug-likeness (QED) is 0.747. The van der Waals surface area contributed by atoms with Crippen molar-refractivity contribution in [2.75, 3.05) is 0 Å².